The van der Waals surface area contributed by atoms with Crippen molar-refractivity contribution in [2.45, 2.75) is 18.4 Å². The van der Waals surface area contributed by atoms with E-state index >= 15 is 0 Å². The van der Waals surface area contributed by atoms with Gasteiger partial charge >= 0.3 is 0 Å². The average molecular weight is 554 g/mol. The standard InChI is InChI=1S/C30H23N3O6S/c1-18-4-7-20(8-5-18)31-26-27(30(36)33(29(26)35)16-22-3-2-14-37-22)40-23-11-9-21(10-12-23)32-28(34)19-6-13-24-25(15-19)39-17-38-24/h2-15,31H,16-17H2,1H3,(H,32,34). The maximum Gasteiger partial charge on any atom is 0.278 e. The molecule has 0 saturated heterocycles. The van der Waals surface area contributed by atoms with Gasteiger partial charge in [-0.25, -0.2) is 0 Å². The molecule has 1 aromatic heterocycles. The largest absolute Gasteiger partial charge is 0.467 e. The van der Waals surface area contributed by atoms with E-state index in [4.69, 9.17) is 13.9 Å². The molecule has 3 amide bonds. The molecule has 10 heteroatoms. The highest BCUT2D eigenvalue weighted by Gasteiger charge is 2.39. The van der Waals surface area contributed by atoms with Crippen LogP contribution in [0.4, 0.5) is 11.4 Å². The zero-order valence-electron chi connectivity index (χ0n) is 21.3. The number of fused-ring (bicyclic) bond motifs is 1. The van der Waals surface area contributed by atoms with Crippen molar-refractivity contribution in [3.05, 3.63) is 113 Å². The lowest BCUT2D eigenvalue weighted by Gasteiger charge is -2.13. The molecule has 9 nitrogen and oxygen atoms in total. The van der Waals surface area contributed by atoms with Gasteiger partial charge in [-0.15, -0.1) is 0 Å². The van der Waals surface area contributed by atoms with Crippen LogP contribution in [0.5, 0.6) is 11.5 Å². The van der Waals surface area contributed by atoms with Crippen molar-refractivity contribution in [3.63, 3.8) is 0 Å². The first-order valence-electron chi connectivity index (χ1n) is 12.4. The number of carbonyl (C=O) groups excluding carboxylic acids is 3. The van der Waals surface area contributed by atoms with Crippen LogP contribution in [0.15, 0.2) is 105 Å². The smallest absolute Gasteiger partial charge is 0.278 e. The summed E-state index contributed by atoms with van der Waals surface area (Å²) in [7, 11) is 0. The zero-order chi connectivity index (χ0) is 27.6. The number of furan rings is 1. The third-order valence-electron chi connectivity index (χ3n) is 6.31. The van der Waals surface area contributed by atoms with E-state index in [0.29, 0.717) is 34.2 Å². The lowest BCUT2D eigenvalue weighted by Crippen LogP contribution is -2.31. The van der Waals surface area contributed by atoms with E-state index in [1.54, 1.807) is 54.6 Å². The predicted molar refractivity (Wildman–Crippen MR) is 149 cm³/mol. The first kappa shape index (κ1) is 25.3. The number of hydrogen-bond acceptors (Lipinski definition) is 8. The van der Waals surface area contributed by atoms with Crippen LogP contribution in [-0.2, 0) is 16.1 Å². The van der Waals surface area contributed by atoms with E-state index in [2.05, 4.69) is 10.6 Å². The predicted octanol–water partition coefficient (Wildman–Crippen LogP) is 5.55. The topological polar surface area (TPSA) is 110 Å². The number of hydrogen-bond donors (Lipinski definition) is 2. The molecule has 0 unspecified atom stereocenters. The summed E-state index contributed by atoms with van der Waals surface area (Å²) in [5.41, 5.74) is 2.98. The van der Waals surface area contributed by atoms with Gasteiger partial charge in [0.1, 0.15) is 16.4 Å². The van der Waals surface area contributed by atoms with Crippen LogP contribution in [0.3, 0.4) is 0 Å². The van der Waals surface area contributed by atoms with Crippen LogP contribution < -0.4 is 20.1 Å². The van der Waals surface area contributed by atoms with Gasteiger partial charge in [-0.3, -0.25) is 19.3 Å². The van der Waals surface area contributed by atoms with E-state index in [1.807, 2.05) is 31.2 Å². The van der Waals surface area contributed by atoms with E-state index < -0.39 is 11.8 Å². The number of carbonyl (C=O) groups is 3. The van der Waals surface area contributed by atoms with Crippen LogP contribution in [0.25, 0.3) is 0 Å². The van der Waals surface area contributed by atoms with Crippen LogP contribution in [0, 0.1) is 6.92 Å². The first-order valence-corrected chi connectivity index (χ1v) is 13.2. The zero-order valence-corrected chi connectivity index (χ0v) is 22.1. The van der Waals surface area contributed by atoms with E-state index in [-0.39, 0.29) is 29.8 Å². The Balaban J connectivity index is 1.21. The lowest BCUT2D eigenvalue weighted by atomic mass is 10.2. The number of amides is 3. The molecule has 6 rings (SSSR count). The molecule has 0 saturated carbocycles. The van der Waals surface area contributed by atoms with Gasteiger partial charge in [0.25, 0.3) is 17.7 Å². The van der Waals surface area contributed by atoms with Gasteiger partial charge in [-0.2, -0.15) is 0 Å². The molecule has 0 fully saturated rings. The Morgan fingerprint density at radius 2 is 1.65 bits per heavy atom. The number of anilines is 2. The molecule has 2 N–H and O–H groups in total. The summed E-state index contributed by atoms with van der Waals surface area (Å²) in [6.45, 7) is 2.13. The van der Waals surface area contributed by atoms with Gasteiger partial charge in [0, 0.05) is 21.8 Å². The number of benzene rings is 3. The molecular weight excluding hydrogens is 530 g/mol. The highest BCUT2D eigenvalue weighted by atomic mass is 32.2. The highest BCUT2D eigenvalue weighted by molar-refractivity contribution is 8.04. The monoisotopic (exact) mass is 553 g/mol. The maximum atomic E-state index is 13.4. The van der Waals surface area contributed by atoms with Crippen molar-refractivity contribution in [3.8, 4) is 11.5 Å². The quantitative estimate of drug-likeness (QED) is 0.273. The van der Waals surface area contributed by atoms with Gasteiger partial charge in [-0.1, -0.05) is 29.5 Å². The molecule has 0 spiro atoms. The Labute approximate surface area is 233 Å². The van der Waals surface area contributed by atoms with Crippen molar-refractivity contribution in [2.24, 2.45) is 0 Å². The SMILES string of the molecule is Cc1ccc(NC2=C(Sc3ccc(NC(=O)c4ccc5c(c4)OCO5)cc3)C(=O)N(Cc3ccco3)C2=O)cc1. The Morgan fingerprint density at radius 3 is 2.40 bits per heavy atom. The molecule has 200 valence electrons. The third kappa shape index (κ3) is 5.16. The van der Waals surface area contributed by atoms with Gasteiger partial charge in [0.05, 0.1) is 12.8 Å². The molecule has 4 aromatic rings. The van der Waals surface area contributed by atoms with Crippen LogP contribution in [0.2, 0.25) is 0 Å². The Morgan fingerprint density at radius 1 is 0.900 bits per heavy atom. The Hall–Kier alpha value is -4.96. The van der Waals surface area contributed by atoms with Crippen molar-refractivity contribution >= 4 is 40.9 Å². The molecule has 0 radical (unpaired) electrons. The lowest BCUT2D eigenvalue weighted by molar-refractivity contribution is -0.138. The normalized spacial score (nSPS) is 14.2. The minimum absolute atomic E-state index is 0.0264. The third-order valence-corrected chi connectivity index (χ3v) is 7.40. The summed E-state index contributed by atoms with van der Waals surface area (Å²) in [6, 6.07) is 23.0. The fraction of sp³-hybridized carbons (Fsp3) is 0.100. The van der Waals surface area contributed by atoms with Crippen LogP contribution >= 0.6 is 11.8 Å². The number of aryl methyl sites for hydroxylation is 1. The van der Waals surface area contributed by atoms with Gasteiger partial charge in [0.2, 0.25) is 6.79 Å². The summed E-state index contributed by atoms with van der Waals surface area (Å²) in [5.74, 6) is 0.491. The number of ether oxygens (including phenoxy) is 2. The molecule has 40 heavy (non-hydrogen) atoms. The molecule has 0 atom stereocenters. The van der Waals surface area contributed by atoms with Crippen LogP contribution in [0.1, 0.15) is 21.7 Å². The molecule has 2 aliphatic heterocycles. The first-order chi connectivity index (χ1) is 19.4. The van der Waals surface area contributed by atoms with Crippen molar-refractivity contribution < 1.29 is 28.3 Å². The second-order valence-electron chi connectivity index (χ2n) is 9.12. The number of rotatable bonds is 8. The van der Waals surface area contributed by atoms with Crippen LogP contribution in [-0.4, -0.2) is 29.4 Å². The highest BCUT2D eigenvalue weighted by Crippen LogP contribution is 2.37. The summed E-state index contributed by atoms with van der Waals surface area (Å²) in [4.78, 5) is 41.7. The van der Waals surface area contributed by atoms with Gasteiger partial charge in [0.15, 0.2) is 11.5 Å². The van der Waals surface area contributed by atoms with Crippen molar-refractivity contribution in [1.82, 2.24) is 4.90 Å². The van der Waals surface area contributed by atoms with Gasteiger partial charge in [-0.05, 0) is 73.7 Å². The summed E-state index contributed by atoms with van der Waals surface area (Å²) < 4.78 is 16.0. The number of thioether (sulfide) groups is 1. The minimum atomic E-state index is -0.433. The number of nitrogens with one attached hydrogen (secondary N) is 2. The molecule has 3 aromatic carbocycles. The summed E-state index contributed by atoms with van der Waals surface area (Å²) in [5, 5.41) is 6.00. The summed E-state index contributed by atoms with van der Waals surface area (Å²) >= 11 is 1.18. The molecular formula is C30H23N3O6S. The Kier molecular flexibility index (Phi) is 6.75. The minimum Gasteiger partial charge on any atom is -0.467 e. The van der Waals surface area contributed by atoms with E-state index in [0.717, 1.165) is 15.4 Å². The fourth-order valence-electron chi connectivity index (χ4n) is 4.21. The molecule has 0 bridgehead atoms. The average Bonchev–Trinajstić information content (AvgIpc) is 3.70. The fourth-order valence-corrected chi connectivity index (χ4v) is 5.15. The van der Waals surface area contributed by atoms with E-state index in [9.17, 15) is 14.4 Å². The van der Waals surface area contributed by atoms with Gasteiger partial charge < -0.3 is 24.5 Å². The van der Waals surface area contributed by atoms with Crippen molar-refractivity contribution in [2.75, 3.05) is 17.4 Å². The molecule has 2 aliphatic rings. The Bertz CT molecular complexity index is 1630. The molecule has 0 aliphatic carbocycles. The van der Waals surface area contributed by atoms with Crippen molar-refractivity contribution in [1.29, 1.82) is 0 Å². The maximum absolute atomic E-state index is 13.4. The number of nitrogens with zero attached hydrogens (tertiary/aromatic N) is 1. The van der Waals surface area contributed by atoms with E-state index in [1.165, 1.54) is 18.0 Å². The molecule has 3 heterocycles. The number of imide groups is 1. The second kappa shape index (κ2) is 10.7. The summed E-state index contributed by atoms with van der Waals surface area (Å²) in [6.07, 6.45) is 1.50. The second-order valence-corrected chi connectivity index (χ2v) is 10.2.